The number of urea groups is 1. The Hall–Kier alpha value is -2.37. The highest BCUT2D eigenvalue weighted by atomic mass is 16.2. The fourth-order valence-electron chi connectivity index (χ4n) is 1.92. The number of aromatic nitrogens is 3. The maximum atomic E-state index is 11.9. The Labute approximate surface area is 118 Å². The molecule has 0 bridgehead atoms. The molecule has 0 radical (unpaired) electrons. The SMILES string of the molecule is CC(Cn1ccnc1)NC(=O)NC(C)c1ccccn1. The molecule has 2 aromatic rings. The summed E-state index contributed by atoms with van der Waals surface area (Å²) in [4.78, 5) is 20.1. The molecule has 0 aliphatic carbocycles. The van der Waals surface area contributed by atoms with E-state index in [1.165, 1.54) is 0 Å². The Morgan fingerprint density at radius 3 is 2.80 bits per heavy atom. The number of nitrogens with one attached hydrogen (secondary N) is 2. The Morgan fingerprint density at radius 1 is 1.30 bits per heavy atom. The van der Waals surface area contributed by atoms with Gasteiger partial charge in [0.05, 0.1) is 18.1 Å². The van der Waals surface area contributed by atoms with Gasteiger partial charge in [-0.05, 0) is 26.0 Å². The lowest BCUT2D eigenvalue weighted by Gasteiger charge is -2.18. The summed E-state index contributed by atoms with van der Waals surface area (Å²) in [5.74, 6) is 0. The average Bonchev–Trinajstić information content (AvgIpc) is 2.92. The maximum Gasteiger partial charge on any atom is 0.315 e. The van der Waals surface area contributed by atoms with E-state index in [0.717, 1.165) is 5.69 Å². The van der Waals surface area contributed by atoms with Crippen molar-refractivity contribution in [2.24, 2.45) is 0 Å². The molecule has 6 nitrogen and oxygen atoms in total. The first-order chi connectivity index (χ1) is 9.65. The van der Waals surface area contributed by atoms with Crippen molar-refractivity contribution >= 4 is 6.03 Å². The Morgan fingerprint density at radius 2 is 2.15 bits per heavy atom. The molecule has 2 atom stereocenters. The molecule has 2 amide bonds. The molecule has 2 aromatic heterocycles. The van der Waals surface area contributed by atoms with Crippen LogP contribution < -0.4 is 10.6 Å². The minimum Gasteiger partial charge on any atom is -0.335 e. The van der Waals surface area contributed by atoms with Gasteiger partial charge in [-0.1, -0.05) is 6.07 Å². The molecular weight excluding hydrogens is 254 g/mol. The summed E-state index contributed by atoms with van der Waals surface area (Å²) in [5.41, 5.74) is 0.838. The lowest BCUT2D eigenvalue weighted by Crippen LogP contribution is -2.43. The van der Waals surface area contributed by atoms with Crippen LogP contribution in [-0.4, -0.2) is 26.6 Å². The number of amides is 2. The van der Waals surface area contributed by atoms with E-state index in [-0.39, 0.29) is 18.1 Å². The maximum absolute atomic E-state index is 11.9. The molecule has 0 aliphatic heterocycles. The first-order valence-corrected chi connectivity index (χ1v) is 6.59. The van der Waals surface area contributed by atoms with Crippen LogP contribution in [-0.2, 0) is 6.54 Å². The second-order valence-electron chi connectivity index (χ2n) is 4.75. The van der Waals surface area contributed by atoms with Gasteiger partial charge in [0.15, 0.2) is 0 Å². The van der Waals surface area contributed by atoms with Gasteiger partial charge in [0.25, 0.3) is 0 Å². The van der Waals surface area contributed by atoms with Gasteiger partial charge in [-0.3, -0.25) is 4.98 Å². The van der Waals surface area contributed by atoms with Gasteiger partial charge < -0.3 is 15.2 Å². The molecule has 0 spiro atoms. The number of pyridine rings is 1. The van der Waals surface area contributed by atoms with E-state index >= 15 is 0 Å². The molecule has 6 heteroatoms. The summed E-state index contributed by atoms with van der Waals surface area (Å²) < 4.78 is 1.92. The second-order valence-corrected chi connectivity index (χ2v) is 4.75. The average molecular weight is 273 g/mol. The molecule has 2 heterocycles. The smallest absolute Gasteiger partial charge is 0.315 e. The quantitative estimate of drug-likeness (QED) is 0.871. The zero-order valence-corrected chi connectivity index (χ0v) is 11.7. The first-order valence-electron chi connectivity index (χ1n) is 6.59. The van der Waals surface area contributed by atoms with Gasteiger partial charge in [-0.25, -0.2) is 9.78 Å². The zero-order valence-electron chi connectivity index (χ0n) is 11.7. The number of hydrogen-bond acceptors (Lipinski definition) is 3. The summed E-state index contributed by atoms with van der Waals surface area (Å²) in [6, 6.07) is 5.33. The van der Waals surface area contributed by atoms with E-state index in [1.807, 2.05) is 42.8 Å². The highest BCUT2D eigenvalue weighted by Gasteiger charge is 2.12. The van der Waals surface area contributed by atoms with E-state index < -0.39 is 0 Å². The number of imidazole rings is 1. The van der Waals surface area contributed by atoms with Crippen LogP contribution in [0, 0.1) is 0 Å². The van der Waals surface area contributed by atoms with Crippen LogP contribution in [0.1, 0.15) is 25.6 Å². The number of nitrogens with zero attached hydrogens (tertiary/aromatic N) is 3. The second kappa shape index (κ2) is 6.70. The normalized spacial score (nSPS) is 13.5. The van der Waals surface area contributed by atoms with Crippen LogP contribution in [0.4, 0.5) is 4.79 Å². The van der Waals surface area contributed by atoms with Gasteiger partial charge in [0, 0.05) is 31.2 Å². The van der Waals surface area contributed by atoms with E-state index in [1.54, 1.807) is 18.7 Å². The van der Waals surface area contributed by atoms with Gasteiger partial charge in [0.2, 0.25) is 0 Å². The van der Waals surface area contributed by atoms with E-state index in [0.29, 0.717) is 6.54 Å². The topological polar surface area (TPSA) is 71.8 Å². The van der Waals surface area contributed by atoms with Crippen molar-refractivity contribution in [3.05, 3.63) is 48.8 Å². The van der Waals surface area contributed by atoms with Gasteiger partial charge in [-0.2, -0.15) is 0 Å². The molecular formula is C14H19N5O. The lowest BCUT2D eigenvalue weighted by molar-refractivity contribution is 0.233. The molecule has 0 fully saturated rings. The van der Waals surface area contributed by atoms with Gasteiger partial charge in [-0.15, -0.1) is 0 Å². The molecule has 20 heavy (non-hydrogen) atoms. The van der Waals surface area contributed by atoms with Crippen LogP contribution in [0.5, 0.6) is 0 Å². The minimum absolute atomic E-state index is 0.0140. The fourth-order valence-corrected chi connectivity index (χ4v) is 1.92. The fraction of sp³-hybridized carbons (Fsp3) is 0.357. The summed E-state index contributed by atoms with van der Waals surface area (Å²) >= 11 is 0. The molecule has 2 rings (SSSR count). The van der Waals surface area contributed by atoms with Crippen LogP contribution in [0.3, 0.4) is 0 Å². The number of rotatable bonds is 5. The molecule has 106 valence electrons. The van der Waals surface area contributed by atoms with Crippen molar-refractivity contribution in [3.8, 4) is 0 Å². The van der Waals surface area contributed by atoms with E-state index in [9.17, 15) is 4.79 Å². The third kappa shape index (κ3) is 4.08. The monoisotopic (exact) mass is 273 g/mol. The van der Waals surface area contributed by atoms with E-state index in [4.69, 9.17) is 0 Å². The molecule has 0 saturated carbocycles. The van der Waals surface area contributed by atoms with Gasteiger partial charge in [0.1, 0.15) is 0 Å². The van der Waals surface area contributed by atoms with Crippen molar-refractivity contribution in [2.45, 2.75) is 32.5 Å². The number of carbonyl (C=O) groups excluding carboxylic acids is 1. The number of hydrogen-bond donors (Lipinski definition) is 2. The standard InChI is InChI=1S/C14H19N5O/c1-11(9-19-8-7-15-10-19)17-14(20)18-12(2)13-5-3-4-6-16-13/h3-8,10-12H,9H2,1-2H3,(H2,17,18,20). The van der Waals surface area contributed by atoms with Crippen molar-refractivity contribution in [1.29, 1.82) is 0 Å². The largest absolute Gasteiger partial charge is 0.335 e. The summed E-state index contributed by atoms with van der Waals surface area (Å²) in [5, 5.41) is 5.76. The predicted molar refractivity (Wildman–Crippen MR) is 76.0 cm³/mol. The summed E-state index contributed by atoms with van der Waals surface area (Å²) in [6.45, 7) is 4.54. The van der Waals surface area contributed by atoms with E-state index in [2.05, 4.69) is 20.6 Å². The van der Waals surface area contributed by atoms with Crippen molar-refractivity contribution < 1.29 is 4.79 Å². The number of carbonyl (C=O) groups is 1. The van der Waals surface area contributed by atoms with Crippen LogP contribution in [0.15, 0.2) is 43.1 Å². The molecule has 2 N–H and O–H groups in total. The predicted octanol–water partition coefficient (Wildman–Crippen LogP) is 1.73. The summed E-state index contributed by atoms with van der Waals surface area (Å²) in [7, 11) is 0. The zero-order chi connectivity index (χ0) is 14.4. The minimum atomic E-state index is -0.198. The summed E-state index contributed by atoms with van der Waals surface area (Å²) in [6.07, 6.45) is 7.03. The highest BCUT2D eigenvalue weighted by molar-refractivity contribution is 5.74. The van der Waals surface area contributed by atoms with Crippen LogP contribution in [0.25, 0.3) is 0 Å². The highest BCUT2D eigenvalue weighted by Crippen LogP contribution is 2.07. The third-order valence-electron chi connectivity index (χ3n) is 2.90. The molecule has 0 saturated heterocycles. The van der Waals surface area contributed by atoms with Crippen LogP contribution >= 0.6 is 0 Å². The lowest BCUT2D eigenvalue weighted by atomic mass is 10.2. The van der Waals surface area contributed by atoms with Gasteiger partial charge >= 0.3 is 6.03 Å². The Bertz CT molecular complexity index is 526. The Kier molecular flexibility index (Phi) is 4.70. The third-order valence-corrected chi connectivity index (χ3v) is 2.90. The molecule has 0 aromatic carbocycles. The van der Waals surface area contributed by atoms with Crippen molar-refractivity contribution in [3.63, 3.8) is 0 Å². The molecule has 0 aliphatic rings. The Balaban J connectivity index is 1.80. The molecule has 2 unspecified atom stereocenters. The van der Waals surface area contributed by atoms with Crippen molar-refractivity contribution in [2.75, 3.05) is 0 Å². The van der Waals surface area contributed by atoms with Crippen LogP contribution in [0.2, 0.25) is 0 Å². The van der Waals surface area contributed by atoms with Crippen molar-refractivity contribution in [1.82, 2.24) is 25.2 Å². The first kappa shape index (κ1) is 14.0.